The van der Waals surface area contributed by atoms with Gasteiger partial charge in [-0.2, -0.15) is 13.2 Å². The molecule has 0 bridgehead atoms. The zero-order chi connectivity index (χ0) is 32.4. The van der Waals surface area contributed by atoms with E-state index in [1.165, 1.54) is 12.1 Å². The Hall–Kier alpha value is -6.07. The number of alkyl halides is 3. The highest BCUT2D eigenvalue weighted by Gasteiger charge is 2.31. The molecule has 230 valence electrons. The molecule has 7 aromatic carbocycles. The first-order chi connectivity index (χ1) is 23.5. The maximum Gasteiger partial charge on any atom is 0.416 e. The van der Waals surface area contributed by atoms with Crippen molar-refractivity contribution in [1.82, 2.24) is 9.13 Å². The van der Waals surface area contributed by atoms with Gasteiger partial charge in [-0.25, -0.2) is 0 Å². The van der Waals surface area contributed by atoms with Crippen molar-refractivity contribution in [2.45, 2.75) is 6.18 Å². The van der Waals surface area contributed by atoms with E-state index in [4.69, 9.17) is 0 Å². The van der Waals surface area contributed by atoms with Crippen LogP contribution in [-0.4, -0.2) is 9.13 Å². The van der Waals surface area contributed by atoms with Crippen LogP contribution < -0.4 is 0 Å². The molecular formula is C43H27F3N2. The average Bonchev–Trinajstić information content (AvgIpc) is 3.65. The van der Waals surface area contributed by atoms with E-state index in [1.807, 2.05) is 84.9 Å². The minimum absolute atomic E-state index is 0.561. The van der Waals surface area contributed by atoms with E-state index >= 15 is 0 Å². The van der Waals surface area contributed by atoms with Gasteiger partial charge in [-0.1, -0.05) is 109 Å². The normalized spacial score (nSPS) is 12.1. The van der Waals surface area contributed by atoms with Crippen molar-refractivity contribution >= 4 is 43.6 Å². The summed E-state index contributed by atoms with van der Waals surface area (Å²) in [6.45, 7) is 0. The third kappa shape index (κ3) is 4.43. The molecule has 0 aliphatic heterocycles. The largest absolute Gasteiger partial charge is 0.416 e. The van der Waals surface area contributed by atoms with Gasteiger partial charge in [0, 0.05) is 32.9 Å². The number of hydrogen-bond donors (Lipinski definition) is 0. The van der Waals surface area contributed by atoms with Crippen LogP contribution in [0.15, 0.2) is 164 Å². The Morgan fingerprint density at radius 1 is 0.354 bits per heavy atom. The van der Waals surface area contributed by atoms with Gasteiger partial charge in [0.05, 0.1) is 27.6 Å². The number of rotatable bonds is 4. The summed E-state index contributed by atoms with van der Waals surface area (Å²) in [5.41, 5.74) is 9.06. The summed E-state index contributed by atoms with van der Waals surface area (Å²) in [7, 11) is 0. The highest BCUT2D eigenvalue weighted by atomic mass is 19.4. The van der Waals surface area contributed by atoms with Crippen LogP contribution in [-0.2, 0) is 6.18 Å². The Balaban J connectivity index is 1.47. The maximum atomic E-state index is 14.1. The van der Waals surface area contributed by atoms with Gasteiger partial charge in [-0.3, -0.25) is 0 Å². The molecule has 0 saturated carbocycles. The van der Waals surface area contributed by atoms with Crippen LogP contribution in [0.25, 0.3) is 77.2 Å². The molecule has 5 heteroatoms. The second-order valence-corrected chi connectivity index (χ2v) is 12.1. The van der Waals surface area contributed by atoms with Crippen LogP contribution in [0.1, 0.15) is 5.56 Å². The quantitative estimate of drug-likeness (QED) is 0.184. The van der Waals surface area contributed by atoms with E-state index in [-0.39, 0.29) is 0 Å². The standard InChI is InChI=1S/C43H27F3N2/c44-43(45,46)32-20-23-40-38(27-32)37-22-21-36-35-18-10-11-19-39(35)48(41(36)42(37)47(40)33-16-8-3-9-17-33)34-25-30(28-12-4-1-5-13-28)24-31(26-34)29-14-6-2-7-15-29/h1-27H. The predicted molar refractivity (Wildman–Crippen MR) is 191 cm³/mol. The van der Waals surface area contributed by atoms with Crippen molar-refractivity contribution in [3.8, 4) is 33.6 Å². The number of halogens is 3. The summed E-state index contributed by atoms with van der Waals surface area (Å²) in [6.07, 6.45) is -4.46. The molecule has 0 unspecified atom stereocenters. The monoisotopic (exact) mass is 628 g/mol. The molecule has 0 aliphatic carbocycles. The van der Waals surface area contributed by atoms with Crippen LogP contribution in [0, 0.1) is 0 Å². The van der Waals surface area contributed by atoms with Crippen LogP contribution >= 0.6 is 0 Å². The van der Waals surface area contributed by atoms with Gasteiger partial charge in [0.1, 0.15) is 0 Å². The summed E-state index contributed by atoms with van der Waals surface area (Å²) in [5.74, 6) is 0. The zero-order valence-electron chi connectivity index (χ0n) is 25.6. The van der Waals surface area contributed by atoms with E-state index in [0.717, 1.165) is 71.9 Å². The van der Waals surface area contributed by atoms with Crippen molar-refractivity contribution < 1.29 is 13.2 Å². The molecule has 0 N–H and O–H groups in total. The molecule has 0 amide bonds. The Kier molecular flexibility index (Phi) is 6.31. The minimum Gasteiger partial charge on any atom is -0.307 e. The Morgan fingerprint density at radius 3 is 1.46 bits per heavy atom. The Morgan fingerprint density at radius 2 is 0.854 bits per heavy atom. The SMILES string of the molecule is FC(F)(F)c1ccc2c(c1)c1ccc3c4ccccc4n(-c4cc(-c5ccccc5)cc(-c5ccccc5)c4)c3c1n2-c1ccccc1. The van der Waals surface area contributed by atoms with E-state index in [9.17, 15) is 13.2 Å². The average molecular weight is 629 g/mol. The molecule has 0 saturated heterocycles. The molecule has 2 heterocycles. The molecule has 48 heavy (non-hydrogen) atoms. The fourth-order valence-corrected chi connectivity index (χ4v) is 7.18. The number of aromatic nitrogens is 2. The van der Waals surface area contributed by atoms with Crippen LogP contribution in [0.2, 0.25) is 0 Å². The first-order valence-electron chi connectivity index (χ1n) is 15.8. The van der Waals surface area contributed by atoms with Crippen LogP contribution in [0.5, 0.6) is 0 Å². The van der Waals surface area contributed by atoms with Crippen molar-refractivity contribution in [2.24, 2.45) is 0 Å². The third-order valence-corrected chi connectivity index (χ3v) is 9.29. The number of hydrogen-bond acceptors (Lipinski definition) is 0. The summed E-state index contributed by atoms with van der Waals surface area (Å²) in [4.78, 5) is 0. The topological polar surface area (TPSA) is 9.86 Å². The maximum absolute atomic E-state index is 14.1. The van der Waals surface area contributed by atoms with Gasteiger partial charge < -0.3 is 9.13 Å². The lowest BCUT2D eigenvalue weighted by molar-refractivity contribution is -0.137. The van der Waals surface area contributed by atoms with Gasteiger partial charge in [0.15, 0.2) is 0 Å². The molecule has 9 rings (SSSR count). The van der Waals surface area contributed by atoms with Crippen molar-refractivity contribution in [3.05, 3.63) is 169 Å². The summed E-state index contributed by atoms with van der Waals surface area (Å²) in [5, 5.41) is 3.42. The Labute approximate surface area is 274 Å². The highest BCUT2D eigenvalue weighted by Crippen LogP contribution is 2.44. The van der Waals surface area contributed by atoms with Crippen molar-refractivity contribution in [3.63, 3.8) is 0 Å². The number of benzene rings is 7. The first-order valence-corrected chi connectivity index (χ1v) is 15.8. The van der Waals surface area contributed by atoms with E-state index in [0.29, 0.717) is 5.39 Å². The smallest absolute Gasteiger partial charge is 0.307 e. The van der Waals surface area contributed by atoms with Crippen LogP contribution in [0.3, 0.4) is 0 Å². The van der Waals surface area contributed by atoms with Gasteiger partial charge in [-0.15, -0.1) is 0 Å². The lowest BCUT2D eigenvalue weighted by Crippen LogP contribution is -2.04. The fourth-order valence-electron chi connectivity index (χ4n) is 7.18. The highest BCUT2D eigenvalue weighted by molar-refractivity contribution is 6.24. The first kappa shape index (κ1) is 28.2. The lowest BCUT2D eigenvalue weighted by Gasteiger charge is -2.15. The molecule has 0 atom stereocenters. The second kappa shape index (κ2) is 10.7. The third-order valence-electron chi connectivity index (χ3n) is 9.29. The lowest BCUT2D eigenvalue weighted by atomic mass is 9.98. The van der Waals surface area contributed by atoms with Crippen molar-refractivity contribution in [1.29, 1.82) is 0 Å². The summed E-state index contributed by atoms with van der Waals surface area (Å²) in [6, 6.07) is 53.6. The second-order valence-electron chi connectivity index (χ2n) is 12.1. The molecule has 0 aliphatic rings. The molecule has 0 spiro atoms. The van der Waals surface area contributed by atoms with Crippen LogP contribution in [0.4, 0.5) is 13.2 Å². The van der Waals surface area contributed by atoms with E-state index in [2.05, 4.69) is 69.8 Å². The summed E-state index contributed by atoms with van der Waals surface area (Å²) < 4.78 is 46.6. The molecule has 0 fully saturated rings. The van der Waals surface area contributed by atoms with Gasteiger partial charge in [0.25, 0.3) is 0 Å². The van der Waals surface area contributed by atoms with E-state index < -0.39 is 11.7 Å². The molecule has 2 nitrogen and oxygen atoms in total. The molecular weight excluding hydrogens is 601 g/mol. The van der Waals surface area contributed by atoms with Gasteiger partial charge in [-0.05, 0) is 76.9 Å². The number of para-hydroxylation sites is 2. The van der Waals surface area contributed by atoms with Crippen molar-refractivity contribution in [2.75, 3.05) is 0 Å². The van der Waals surface area contributed by atoms with Gasteiger partial charge >= 0.3 is 6.18 Å². The minimum atomic E-state index is -4.46. The fraction of sp³-hybridized carbons (Fsp3) is 0.0233. The molecule has 9 aromatic rings. The summed E-state index contributed by atoms with van der Waals surface area (Å²) >= 11 is 0. The molecule has 2 aromatic heterocycles. The predicted octanol–water partition coefficient (Wildman–Crippen LogP) is 12.2. The van der Waals surface area contributed by atoms with Gasteiger partial charge in [0.2, 0.25) is 0 Å². The Bertz CT molecular complexity index is 2570. The molecule has 0 radical (unpaired) electrons. The zero-order valence-corrected chi connectivity index (χ0v) is 25.6. The number of fused-ring (bicyclic) bond motifs is 7. The van der Waals surface area contributed by atoms with E-state index in [1.54, 1.807) is 6.07 Å². The number of nitrogens with zero attached hydrogens (tertiary/aromatic N) is 2.